The topological polar surface area (TPSA) is 86.3 Å². The standard InChI is InChI=1S/C15H14N2O3/c1-10-14(15(18)19)8-13(20-10)9-17-12-4-2-11(3-5-12)6-7-16/h2-5,8,17H,6,9H2,1H3,(H,18,19). The zero-order valence-electron chi connectivity index (χ0n) is 11.0. The predicted octanol–water partition coefficient (Wildman–Crippen LogP) is 2.96. The van der Waals surface area contributed by atoms with Crippen LogP contribution in [-0.2, 0) is 13.0 Å². The Kier molecular flexibility index (Phi) is 4.06. The maximum atomic E-state index is 10.9. The van der Waals surface area contributed by atoms with Gasteiger partial charge in [-0.3, -0.25) is 0 Å². The van der Waals surface area contributed by atoms with Crippen molar-refractivity contribution in [3.05, 3.63) is 53.0 Å². The summed E-state index contributed by atoms with van der Waals surface area (Å²) in [7, 11) is 0. The van der Waals surface area contributed by atoms with Gasteiger partial charge in [0.1, 0.15) is 17.1 Å². The highest BCUT2D eigenvalue weighted by atomic mass is 16.4. The van der Waals surface area contributed by atoms with E-state index in [1.165, 1.54) is 6.07 Å². The first-order valence-electron chi connectivity index (χ1n) is 6.12. The number of aryl methyl sites for hydroxylation is 1. The summed E-state index contributed by atoms with van der Waals surface area (Å²) in [6, 6.07) is 11.1. The van der Waals surface area contributed by atoms with Gasteiger partial charge in [-0.15, -0.1) is 0 Å². The average molecular weight is 270 g/mol. The number of hydrogen-bond donors (Lipinski definition) is 2. The van der Waals surface area contributed by atoms with Crippen molar-refractivity contribution in [1.29, 1.82) is 5.26 Å². The minimum absolute atomic E-state index is 0.186. The Balaban J connectivity index is 2.00. The Morgan fingerprint density at radius 2 is 2.10 bits per heavy atom. The van der Waals surface area contributed by atoms with E-state index in [1.54, 1.807) is 6.92 Å². The molecule has 0 spiro atoms. The van der Waals surface area contributed by atoms with E-state index in [2.05, 4.69) is 11.4 Å². The molecule has 2 rings (SSSR count). The number of hydrogen-bond acceptors (Lipinski definition) is 4. The van der Waals surface area contributed by atoms with Crippen LogP contribution in [0, 0.1) is 18.3 Å². The number of anilines is 1. The van der Waals surface area contributed by atoms with E-state index in [1.807, 2.05) is 24.3 Å². The molecule has 0 saturated heterocycles. The zero-order valence-corrected chi connectivity index (χ0v) is 11.0. The highest BCUT2D eigenvalue weighted by molar-refractivity contribution is 5.88. The van der Waals surface area contributed by atoms with Crippen LogP contribution >= 0.6 is 0 Å². The monoisotopic (exact) mass is 270 g/mol. The van der Waals surface area contributed by atoms with Gasteiger partial charge in [0.15, 0.2) is 0 Å². The van der Waals surface area contributed by atoms with E-state index >= 15 is 0 Å². The third kappa shape index (κ3) is 3.18. The first kappa shape index (κ1) is 13.7. The molecule has 0 aliphatic heterocycles. The molecule has 0 bridgehead atoms. The molecule has 5 heteroatoms. The van der Waals surface area contributed by atoms with E-state index in [0.717, 1.165) is 11.3 Å². The SMILES string of the molecule is Cc1oc(CNc2ccc(CC#N)cc2)cc1C(=O)O. The number of rotatable bonds is 5. The van der Waals surface area contributed by atoms with E-state index < -0.39 is 5.97 Å². The van der Waals surface area contributed by atoms with Gasteiger partial charge in [-0.1, -0.05) is 12.1 Å². The van der Waals surface area contributed by atoms with Crippen molar-refractivity contribution in [3.8, 4) is 6.07 Å². The number of carboxylic acid groups (broad SMARTS) is 1. The Bertz CT molecular complexity index is 651. The van der Waals surface area contributed by atoms with Gasteiger partial charge in [-0.2, -0.15) is 5.26 Å². The van der Waals surface area contributed by atoms with Crippen LogP contribution in [0.25, 0.3) is 0 Å². The van der Waals surface area contributed by atoms with Crippen molar-refractivity contribution in [2.75, 3.05) is 5.32 Å². The summed E-state index contributed by atoms with van der Waals surface area (Å²) < 4.78 is 5.37. The van der Waals surface area contributed by atoms with Crippen molar-refractivity contribution >= 4 is 11.7 Å². The van der Waals surface area contributed by atoms with E-state index in [9.17, 15) is 4.79 Å². The van der Waals surface area contributed by atoms with Crippen LogP contribution in [0.1, 0.15) is 27.4 Å². The highest BCUT2D eigenvalue weighted by Gasteiger charge is 2.13. The molecule has 20 heavy (non-hydrogen) atoms. The van der Waals surface area contributed by atoms with Crippen molar-refractivity contribution in [3.63, 3.8) is 0 Å². The highest BCUT2D eigenvalue weighted by Crippen LogP contribution is 2.17. The van der Waals surface area contributed by atoms with Crippen molar-refractivity contribution in [2.24, 2.45) is 0 Å². The van der Waals surface area contributed by atoms with Crippen LogP contribution < -0.4 is 5.32 Å². The average Bonchev–Trinajstić information content (AvgIpc) is 2.80. The largest absolute Gasteiger partial charge is 0.478 e. The van der Waals surface area contributed by atoms with Crippen molar-refractivity contribution in [2.45, 2.75) is 19.9 Å². The lowest BCUT2D eigenvalue weighted by molar-refractivity contribution is 0.0695. The molecule has 5 nitrogen and oxygen atoms in total. The molecule has 0 fully saturated rings. The normalized spacial score (nSPS) is 10.0. The number of carboxylic acids is 1. The fourth-order valence-corrected chi connectivity index (χ4v) is 1.86. The fraction of sp³-hybridized carbons (Fsp3) is 0.200. The summed E-state index contributed by atoms with van der Waals surface area (Å²) in [4.78, 5) is 10.9. The van der Waals surface area contributed by atoms with Crippen LogP contribution in [0.15, 0.2) is 34.7 Å². The third-order valence-electron chi connectivity index (χ3n) is 2.90. The maximum Gasteiger partial charge on any atom is 0.339 e. The number of furan rings is 1. The lowest BCUT2D eigenvalue weighted by Crippen LogP contribution is -1.98. The Morgan fingerprint density at radius 1 is 1.40 bits per heavy atom. The van der Waals surface area contributed by atoms with Crippen LogP contribution in [0.5, 0.6) is 0 Å². The van der Waals surface area contributed by atoms with Gasteiger partial charge in [0.25, 0.3) is 0 Å². The predicted molar refractivity (Wildman–Crippen MR) is 73.5 cm³/mol. The molecule has 2 aromatic rings. The van der Waals surface area contributed by atoms with E-state index in [4.69, 9.17) is 14.8 Å². The van der Waals surface area contributed by atoms with Gasteiger partial charge in [0.2, 0.25) is 0 Å². The summed E-state index contributed by atoms with van der Waals surface area (Å²) >= 11 is 0. The molecule has 0 amide bonds. The minimum atomic E-state index is -0.988. The van der Waals surface area contributed by atoms with Gasteiger partial charge in [0.05, 0.1) is 19.0 Å². The first-order valence-corrected chi connectivity index (χ1v) is 6.12. The lowest BCUT2D eigenvalue weighted by Gasteiger charge is -2.04. The zero-order chi connectivity index (χ0) is 14.5. The molecular weight excluding hydrogens is 256 g/mol. The summed E-state index contributed by atoms with van der Waals surface area (Å²) in [5.41, 5.74) is 2.03. The van der Waals surface area contributed by atoms with Crippen LogP contribution in [0.4, 0.5) is 5.69 Å². The number of nitriles is 1. The van der Waals surface area contributed by atoms with Gasteiger partial charge in [-0.25, -0.2) is 4.79 Å². The number of nitrogens with one attached hydrogen (secondary N) is 1. The molecule has 1 aromatic carbocycles. The quantitative estimate of drug-likeness (QED) is 0.872. The second-order valence-electron chi connectivity index (χ2n) is 4.37. The molecule has 2 N–H and O–H groups in total. The smallest absolute Gasteiger partial charge is 0.339 e. The van der Waals surface area contributed by atoms with E-state index in [-0.39, 0.29) is 5.56 Å². The van der Waals surface area contributed by atoms with Gasteiger partial charge < -0.3 is 14.8 Å². The van der Waals surface area contributed by atoms with Gasteiger partial charge in [0, 0.05) is 5.69 Å². The Hall–Kier alpha value is -2.74. The molecule has 1 heterocycles. The number of nitrogens with zero attached hydrogens (tertiary/aromatic N) is 1. The fourth-order valence-electron chi connectivity index (χ4n) is 1.86. The number of carbonyl (C=O) groups is 1. The molecule has 0 aliphatic carbocycles. The molecule has 102 valence electrons. The van der Waals surface area contributed by atoms with Gasteiger partial charge in [-0.05, 0) is 30.7 Å². The summed E-state index contributed by atoms with van der Waals surface area (Å²) in [6.45, 7) is 2.04. The second kappa shape index (κ2) is 5.93. The number of aromatic carboxylic acids is 1. The molecular formula is C15H14N2O3. The lowest BCUT2D eigenvalue weighted by atomic mass is 10.1. The van der Waals surface area contributed by atoms with E-state index in [0.29, 0.717) is 24.5 Å². The van der Waals surface area contributed by atoms with Crippen LogP contribution in [-0.4, -0.2) is 11.1 Å². The third-order valence-corrected chi connectivity index (χ3v) is 2.90. The molecule has 0 radical (unpaired) electrons. The first-order chi connectivity index (χ1) is 9.60. The maximum absolute atomic E-state index is 10.9. The summed E-state index contributed by atoms with van der Waals surface area (Å²) in [5.74, 6) is -0.0157. The van der Waals surface area contributed by atoms with Crippen molar-refractivity contribution in [1.82, 2.24) is 0 Å². The Labute approximate surface area is 116 Å². The second-order valence-corrected chi connectivity index (χ2v) is 4.37. The summed E-state index contributed by atoms with van der Waals surface area (Å²) in [6.07, 6.45) is 0.389. The summed E-state index contributed by atoms with van der Waals surface area (Å²) in [5, 5.41) is 20.7. The van der Waals surface area contributed by atoms with Crippen LogP contribution in [0.2, 0.25) is 0 Å². The molecule has 0 aliphatic rings. The Morgan fingerprint density at radius 3 is 2.65 bits per heavy atom. The van der Waals surface area contributed by atoms with Gasteiger partial charge >= 0.3 is 5.97 Å². The number of benzene rings is 1. The van der Waals surface area contributed by atoms with Crippen molar-refractivity contribution < 1.29 is 14.3 Å². The van der Waals surface area contributed by atoms with Crippen LogP contribution in [0.3, 0.4) is 0 Å². The minimum Gasteiger partial charge on any atom is -0.478 e. The molecule has 1 aromatic heterocycles. The molecule has 0 atom stereocenters. The molecule has 0 unspecified atom stereocenters. The molecule has 0 saturated carbocycles.